The molecule has 12 heavy (non-hydrogen) atoms. The van der Waals surface area contributed by atoms with E-state index in [1.165, 1.54) is 0 Å². The van der Waals surface area contributed by atoms with Gasteiger partial charge in [-0.1, -0.05) is 0 Å². The van der Waals surface area contributed by atoms with Crippen molar-refractivity contribution in [1.29, 1.82) is 0 Å². The molecule has 5 nitrogen and oxygen atoms in total. The van der Waals surface area contributed by atoms with Gasteiger partial charge in [-0.3, -0.25) is 0 Å². The number of ether oxygens (including phenoxy) is 1. The number of carbonyl (C=O) groups excluding carboxylic acids is 1. The molecule has 0 spiro atoms. The number of amides is 2. The van der Waals surface area contributed by atoms with Crippen molar-refractivity contribution in [3.8, 4) is 0 Å². The molecular weight excluding hydrogens is 186 g/mol. The molecule has 0 aromatic carbocycles. The smallest absolute Gasteiger partial charge is 0.419 e. The molecule has 0 aliphatic rings. The molecule has 0 aliphatic heterocycles. The predicted molar refractivity (Wildman–Crippen MR) is 44.7 cm³/mol. The Morgan fingerprint density at radius 3 is 2.08 bits per heavy atom. The standard InChI is InChI=1S/C6H11NO4.ClH/c1-4(2)11-6(10)7(3)5(8)9;/h4H,1-3H3,(H,8,9);1H. The molecule has 72 valence electrons. The van der Waals surface area contributed by atoms with Crippen molar-refractivity contribution >= 4 is 24.6 Å². The lowest BCUT2D eigenvalue weighted by atomic mass is 10.5. The Hall–Kier alpha value is -0.970. The number of carboxylic acid groups (broad SMARTS) is 1. The van der Waals surface area contributed by atoms with Crippen molar-refractivity contribution in [2.75, 3.05) is 7.05 Å². The van der Waals surface area contributed by atoms with Gasteiger partial charge in [0, 0.05) is 7.05 Å². The molecule has 1 N–H and O–H groups in total. The topological polar surface area (TPSA) is 66.8 Å². The van der Waals surface area contributed by atoms with E-state index in [4.69, 9.17) is 5.11 Å². The molecule has 0 saturated heterocycles. The van der Waals surface area contributed by atoms with Gasteiger partial charge >= 0.3 is 12.2 Å². The van der Waals surface area contributed by atoms with Crippen LogP contribution in [0.1, 0.15) is 13.8 Å². The van der Waals surface area contributed by atoms with Crippen molar-refractivity contribution in [1.82, 2.24) is 4.90 Å². The van der Waals surface area contributed by atoms with Gasteiger partial charge in [-0.25, -0.2) is 14.5 Å². The van der Waals surface area contributed by atoms with Gasteiger partial charge in [-0.2, -0.15) is 0 Å². The van der Waals surface area contributed by atoms with Gasteiger partial charge in [0.05, 0.1) is 6.10 Å². The summed E-state index contributed by atoms with van der Waals surface area (Å²) in [5.41, 5.74) is 0. The molecule has 0 radical (unpaired) electrons. The maximum atomic E-state index is 10.7. The van der Waals surface area contributed by atoms with E-state index < -0.39 is 12.2 Å². The van der Waals surface area contributed by atoms with Crippen LogP contribution in [0.15, 0.2) is 0 Å². The van der Waals surface area contributed by atoms with Crippen molar-refractivity contribution in [3.05, 3.63) is 0 Å². The molecule has 6 heteroatoms. The lowest BCUT2D eigenvalue weighted by Crippen LogP contribution is -2.33. The first-order valence-electron chi connectivity index (χ1n) is 3.12. The minimum Gasteiger partial charge on any atom is -0.465 e. The predicted octanol–water partition coefficient (Wildman–Crippen LogP) is 1.56. The first-order valence-corrected chi connectivity index (χ1v) is 3.12. The monoisotopic (exact) mass is 197 g/mol. The fourth-order valence-electron chi connectivity index (χ4n) is 0.359. The Bertz CT molecular complexity index is 171. The summed E-state index contributed by atoms with van der Waals surface area (Å²) in [5.74, 6) is 0. The maximum absolute atomic E-state index is 10.7. The molecule has 0 fully saturated rings. The van der Waals surface area contributed by atoms with E-state index in [2.05, 4.69) is 4.74 Å². The fraction of sp³-hybridized carbons (Fsp3) is 0.667. The quantitative estimate of drug-likeness (QED) is 0.693. The summed E-state index contributed by atoms with van der Waals surface area (Å²) in [6, 6.07) is 0. The molecule has 2 amide bonds. The van der Waals surface area contributed by atoms with E-state index >= 15 is 0 Å². The van der Waals surface area contributed by atoms with Crippen LogP contribution < -0.4 is 0 Å². The van der Waals surface area contributed by atoms with Gasteiger partial charge in [-0.15, -0.1) is 12.4 Å². The van der Waals surface area contributed by atoms with E-state index in [-0.39, 0.29) is 18.5 Å². The highest BCUT2D eigenvalue weighted by molar-refractivity contribution is 5.86. The summed E-state index contributed by atoms with van der Waals surface area (Å²) in [4.78, 5) is 21.4. The highest BCUT2D eigenvalue weighted by atomic mass is 35.5. The summed E-state index contributed by atoms with van der Waals surface area (Å²) < 4.78 is 4.58. The molecular formula is C6H12ClNO4. The summed E-state index contributed by atoms with van der Waals surface area (Å²) in [5, 5.41) is 8.29. The van der Waals surface area contributed by atoms with Gasteiger partial charge in [0.2, 0.25) is 0 Å². The Morgan fingerprint density at radius 1 is 1.42 bits per heavy atom. The Balaban J connectivity index is 0. The van der Waals surface area contributed by atoms with Crippen LogP contribution in [0.5, 0.6) is 0 Å². The van der Waals surface area contributed by atoms with E-state index in [9.17, 15) is 9.59 Å². The summed E-state index contributed by atoms with van der Waals surface area (Å²) in [6.07, 6.45) is -2.48. The maximum Gasteiger partial charge on any atom is 0.419 e. The van der Waals surface area contributed by atoms with Gasteiger partial charge in [0.1, 0.15) is 0 Å². The third kappa shape index (κ3) is 4.79. The fourth-order valence-corrected chi connectivity index (χ4v) is 0.359. The summed E-state index contributed by atoms with van der Waals surface area (Å²) in [6.45, 7) is 3.29. The zero-order valence-corrected chi connectivity index (χ0v) is 7.92. The zero-order valence-electron chi connectivity index (χ0n) is 7.10. The number of carbonyl (C=O) groups is 2. The van der Waals surface area contributed by atoms with E-state index in [1.54, 1.807) is 13.8 Å². The minimum atomic E-state index is -1.32. The highest BCUT2D eigenvalue weighted by Gasteiger charge is 2.17. The van der Waals surface area contributed by atoms with Crippen LogP contribution >= 0.6 is 12.4 Å². The first kappa shape index (κ1) is 13.6. The van der Waals surface area contributed by atoms with Crippen LogP contribution in [0.2, 0.25) is 0 Å². The average molecular weight is 198 g/mol. The number of hydrogen-bond donors (Lipinski definition) is 1. The third-order valence-corrected chi connectivity index (χ3v) is 0.897. The molecule has 0 aliphatic carbocycles. The normalized spacial score (nSPS) is 8.67. The summed E-state index contributed by atoms with van der Waals surface area (Å²) >= 11 is 0. The van der Waals surface area contributed by atoms with Gasteiger partial charge in [-0.05, 0) is 13.8 Å². The molecule has 0 aromatic rings. The van der Waals surface area contributed by atoms with Crippen LogP contribution in [0.3, 0.4) is 0 Å². The second-order valence-electron chi connectivity index (χ2n) is 2.27. The second-order valence-corrected chi connectivity index (χ2v) is 2.27. The van der Waals surface area contributed by atoms with Crippen molar-refractivity contribution in [2.24, 2.45) is 0 Å². The van der Waals surface area contributed by atoms with Crippen LogP contribution in [-0.4, -0.2) is 35.3 Å². The molecule has 0 heterocycles. The van der Waals surface area contributed by atoms with Gasteiger partial charge < -0.3 is 9.84 Å². The lowest BCUT2D eigenvalue weighted by Gasteiger charge is -2.13. The number of nitrogens with zero attached hydrogens (tertiary/aromatic N) is 1. The van der Waals surface area contributed by atoms with Crippen molar-refractivity contribution in [3.63, 3.8) is 0 Å². The number of rotatable bonds is 1. The molecule has 0 atom stereocenters. The van der Waals surface area contributed by atoms with Crippen LogP contribution in [0.25, 0.3) is 0 Å². The third-order valence-electron chi connectivity index (χ3n) is 0.897. The Morgan fingerprint density at radius 2 is 1.83 bits per heavy atom. The molecule has 0 aromatic heterocycles. The molecule has 0 saturated carbocycles. The number of hydrogen-bond acceptors (Lipinski definition) is 3. The van der Waals surface area contributed by atoms with E-state index in [0.717, 1.165) is 7.05 Å². The number of halogens is 1. The molecule has 0 bridgehead atoms. The average Bonchev–Trinajstić information content (AvgIpc) is 1.84. The van der Waals surface area contributed by atoms with Crippen LogP contribution in [0.4, 0.5) is 9.59 Å². The van der Waals surface area contributed by atoms with E-state index in [1.807, 2.05) is 0 Å². The zero-order chi connectivity index (χ0) is 9.02. The van der Waals surface area contributed by atoms with E-state index in [0.29, 0.717) is 4.90 Å². The Kier molecular flexibility index (Phi) is 6.41. The molecule has 0 rings (SSSR count). The Labute approximate surface area is 76.7 Å². The van der Waals surface area contributed by atoms with Crippen molar-refractivity contribution in [2.45, 2.75) is 20.0 Å². The highest BCUT2D eigenvalue weighted by Crippen LogP contribution is 1.95. The largest absolute Gasteiger partial charge is 0.465 e. The number of imide groups is 1. The van der Waals surface area contributed by atoms with Crippen LogP contribution in [0, 0.1) is 0 Å². The summed E-state index contributed by atoms with van der Waals surface area (Å²) in [7, 11) is 1.13. The second kappa shape index (κ2) is 5.65. The SMILES string of the molecule is CC(C)OC(=O)N(C)C(=O)O.Cl. The van der Waals surface area contributed by atoms with Crippen molar-refractivity contribution < 1.29 is 19.4 Å². The van der Waals surface area contributed by atoms with Crippen LogP contribution in [-0.2, 0) is 4.74 Å². The first-order chi connectivity index (χ1) is 4.95. The van der Waals surface area contributed by atoms with Gasteiger partial charge in [0.25, 0.3) is 0 Å². The lowest BCUT2D eigenvalue weighted by molar-refractivity contribution is 0.0810. The van der Waals surface area contributed by atoms with Gasteiger partial charge in [0.15, 0.2) is 0 Å². The minimum absolute atomic E-state index is 0. The molecule has 0 unspecified atom stereocenters.